The van der Waals surface area contributed by atoms with Gasteiger partial charge in [-0.1, -0.05) is 63.4 Å². The lowest BCUT2D eigenvalue weighted by Gasteiger charge is -2.32. The summed E-state index contributed by atoms with van der Waals surface area (Å²) < 4.78 is 6.49. The van der Waals surface area contributed by atoms with Gasteiger partial charge in [0.25, 0.3) is 0 Å². The molecule has 1 N–H and O–H groups in total. The Bertz CT molecular complexity index is 378. The fourth-order valence-corrected chi connectivity index (χ4v) is 3.29. The van der Waals surface area contributed by atoms with Crippen LogP contribution in [0, 0.1) is 5.92 Å². The topological polar surface area (TPSA) is 21.3 Å². The zero-order valence-corrected chi connectivity index (χ0v) is 13.7. The van der Waals surface area contributed by atoms with Gasteiger partial charge >= 0.3 is 0 Å². The first-order valence-electron chi connectivity index (χ1n) is 8.74. The van der Waals surface area contributed by atoms with Gasteiger partial charge in [-0.2, -0.15) is 0 Å². The van der Waals surface area contributed by atoms with Crippen molar-refractivity contribution >= 4 is 0 Å². The van der Waals surface area contributed by atoms with Crippen LogP contribution in [0.4, 0.5) is 0 Å². The zero-order chi connectivity index (χ0) is 14.9. The van der Waals surface area contributed by atoms with Crippen molar-refractivity contribution in [3.63, 3.8) is 0 Å². The van der Waals surface area contributed by atoms with Crippen LogP contribution in [0.5, 0.6) is 0 Å². The molecule has 0 bridgehead atoms. The highest BCUT2D eigenvalue weighted by atomic mass is 16.5. The molecule has 21 heavy (non-hydrogen) atoms. The van der Waals surface area contributed by atoms with E-state index in [2.05, 4.69) is 49.5 Å². The maximum Gasteiger partial charge on any atom is 0.0952 e. The highest BCUT2D eigenvalue weighted by Gasteiger charge is 2.24. The molecule has 0 aliphatic heterocycles. The molecule has 3 unspecified atom stereocenters. The lowest BCUT2D eigenvalue weighted by atomic mass is 9.85. The second-order valence-corrected chi connectivity index (χ2v) is 6.30. The van der Waals surface area contributed by atoms with E-state index in [9.17, 15) is 0 Å². The Morgan fingerprint density at radius 3 is 2.71 bits per heavy atom. The van der Waals surface area contributed by atoms with Crippen LogP contribution in [0.15, 0.2) is 30.3 Å². The Kier molecular flexibility index (Phi) is 7.25. The van der Waals surface area contributed by atoms with Crippen molar-refractivity contribution in [2.75, 3.05) is 13.1 Å². The van der Waals surface area contributed by atoms with Crippen molar-refractivity contribution in [1.29, 1.82) is 0 Å². The predicted octanol–water partition coefficient (Wildman–Crippen LogP) is 4.71. The molecule has 1 aliphatic carbocycles. The molecule has 1 aromatic carbocycles. The van der Waals surface area contributed by atoms with E-state index in [1.54, 1.807) is 0 Å². The lowest BCUT2D eigenvalue weighted by molar-refractivity contribution is -0.0414. The Balaban J connectivity index is 1.94. The van der Waals surface area contributed by atoms with Gasteiger partial charge in [-0.25, -0.2) is 0 Å². The SMILES string of the molecule is CCCNCC(OC1CCCC(CC)C1)c1ccccc1. The van der Waals surface area contributed by atoms with Gasteiger partial charge in [0.1, 0.15) is 0 Å². The first-order valence-corrected chi connectivity index (χ1v) is 8.74. The molecular formula is C19H31NO. The molecule has 1 fully saturated rings. The third-order valence-corrected chi connectivity index (χ3v) is 4.60. The second-order valence-electron chi connectivity index (χ2n) is 6.30. The van der Waals surface area contributed by atoms with E-state index in [0.29, 0.717) is 6.10 Å². The van der Waals surface area contributed by atoms with Crippen LogP contribution in [-0.2, 0) is 4.74 Å². The third-order valence-electron chi connectivity index (χ3n) is 4.60. The molecule has 2 rings (SSSR count). The number of hydrogen-bond donors (Lipinski definition) is 1. The maximum atomic E-state index is 6.49. The van der Waals surface area contributed by atoms with E-state index in [1.807, 2.05) is 0 Å². The van der Waals surface area contributed by atoms with Crippen LogP contribution < -0.4 is 5.32 Å². The lowest BCUT2D eigenvalue weighted by Crippen LogP contribution is -2.30. The van der Waals surface area contributed by atoms with Crippen LogP contribution in [0.1, 0.15) is 64.0 Å². The largest absolute Gasteiger partial charge is 0.369 e. The van der Waals surface area contributed by atoms with Gasteiger partial charge in [-0.15, -0.1) is 0 Å². The predicted molar refractivity (Wildman–Crippen MR) is 89.5 cm³/mol. The van der Waals surface area contributed by atoms with Gasteiger partial charge in [0.15, 0.2) is 0 Å². The molecule has 0 amide bonds. The summed E-state index contributed by atoms with van der Waals surface area (Å²) in [5.41, 5.74) is 1.31. The number of benzene rings is 1. The first kappa shape index (κ1) is 16.5. The standard InChI is InChI=1S/C19H31NO/c1-3-13-20-15-19(17-10-6-5-7-11-17)21-18-12-8-9-16(4-2)14-18/h5-7,10-11,16,18-20H,3-4,8-9,12-15H2,1-2H3. The average Bonchev–Trinajstić information content (AvgIpc) is 2.55. The fourth-order valence-electron chi connectivity index (χ4n) is 3.29. The van der Waals surface area contributed by atoms with Crippen LogP contribution in [0.25, 0.3) is 0 Å². The van der Waals surface area contributed by atoms with E-state index >= 15 is 0 Å². The highest BCUT2D eigenvalue weighted by molar-refractivity contribution is 5.18. The minimum atomic E-state index is 0.193. The quantitative estimate of drug-likeness (QED) is 0.700. The zero-order valence-electron chi connectivity index (χ0n) is 13.7. The molecule has 2 heteroatoms. The summed E-state index contributed by atoms with van der Waals surface area (Å²) >= 11 is 0. The number of nitrogens with one attached hydrogen (secondary N) is 1. The van der Waals surface area contributed by atoms with Crippen molar-refractivity contribution in [3.05, 3.63) is 35.9 Å². The van der Waals surface area contributed by atoms with Crippen LogP contribution >= 0.6 is 0 Å². The summed E-state index contributed by atoms with van der Waals surface area (Å²) in [6, 6.07) is 10.7. The minimum Gasteiger partial charge on any atom is -0.369 e. The summed E-state index contributed by atoms with van der Waals surface area (Å²) in [5.74, 6) is 0.865. The molecule has 3 atom stereocenters. The number of ether oxygens (including phenoxy) is 1. The van der Waals surface area contributed by atoms with Crippen molar-refractivity contribution in [1.82, 2.24) is 5.32 Å². The van der Waals surface area contributed by atoms with Gasteiger partial charge < -0.3 is 10.1 Å². The Morgan fingerprint density at radius 1 is 1.19 bits per heavy atom. The van der Waals surface area contributed by atoms with E-state index in [0.717, 1.165) is 19.0 Å². The summed E-state index contributed by atoms with van der Waals surface area (Å²) in [6.45, 7) is 6.50. The normalized spacial score (nSPS) is 23.9. The number of hydrogen-bond acceptors (Lipinski definition) is 2. The molecule has 1 saturated carbocycles. The van der Waals surface area contributed by atoms with Crippen LogP contribution in [0.3, 0.4) is 0 Å². The fraction of sp³-hybridized carbons (Fsp3) is 0.684. The molecule has 0 heterocycles. The van der Waals surface area contributed by atoms with Gasteiger partial charge in [-0.3, -0.25) is 0 Å². The van der Waals surface area contributed by atoms with Gasteiger partial charge in [0.05, 0.1) is 12.2 Å². The molecule has 0 radical (unpaired) electrons. The molecule has 118 valence electrons. The Hall–Kier alpha value is -0.860. The maximum absolute atomic E-state index is 6.49. The molecule has 0 saturated heterocycles. The van der Waals surface area contributed by atoms with Crippen molar-refractivity contribution in [2.24, 2.45) is 5.92 Å². The summed E-state index contributed by atoms with van der Waals surface area (Å²) in [6.07, 6.45) is 8.29. The van der Waals surface area contributed by atoms with Gasteiger partial charge in [0.2, 0.25) is 0 Å². The van der Waals surface area contributed by atoms with Crippen LogP contribution in [0.2, 0.25) is 0 Å². The summed E-state index contributed by atoms with van der Waals surface area (Å²) in [5, 5.41) is 3.52. The Labute approximate surface area is 130 Å². The smallest absolute Gasteiger partial charge is 0.0952 e. The molecule has 1 aliphatic rings. The molecule has 0 aromatic heterocycles. The first-order chi connectivity index (χ1) is 10.3. The Morgan fingerprint density at radius 2 is 2.00 bits per heavy atom. The van der Waals surface area contributed by atoms with Crippen molar-refractivity contribution < 1.29 is 4.74 Å². The molecule has 1 aromatic rings. The van der Waals surface area contributed by atoms with Crippen LogP contribution in [-0.4, -0.2) is 19.2 Å². The highest BCUT2D eigenvalue weighted by Crippen LogP contribution is 2.31. The van der Waals surface area contributed by atoms with Gasteiger partial charge in [-0.05, 0) is 37.3 Å². The third kappa shape index (κ3) is 5.44. The van der Waals surface area contributed by atoms with E-state index in [1.165, 1.54) is 44.1 Å². The van der Waals surface area contributed by atoms with E-state index < -0.39 is 0 Å². The van der Waals surface area contributed by atoms with Crippen molar-refractivity contribution in [2.45, 2.75) is 64.6 Å². The number of rotatable bonds is 8. The van der Waals surface area contributed by atoms with E-state index in [-0.39, 0.29) is 6.10 Å². The molecular weight excluding hydrogens is 258 g/mol. The van der Waals surface area contributed by atoms with Crippen molar-refractivity contribution in [3.8, 4) is 0 Å². The average molecular weight is 289 g/mol. The minimum absolute atomic E-state index is 0.193. The van der Waals surface area contributed by atoms with E-state index in [4.69, 9.17) is 4.74 Å². The molecule has 0 spiro atoms. The second kappa shape index (κ2) is 9.22. The molecule has 2 nitrogen and oxygen atoms in total. The monoisotopic (exact) mass is 289 g/mol. The van der Waals surface area contributed by atoms with Gasteiger partial charge in [0, 0.05) is 6.54 Å². The summed E-state index contributed by atoms with van der Waals surface area (Å²) in [4.78, 5) is 0. The summed E-state index contributed by atoms with van der Waals surface area (Å²) in [7, 11) is 0.